The number of benzene rings is 6. The van der Waals surface area contributed by atoms with E-state index in [4.69, 9.17) is 15.0 Å². The van der Waals surface area contributed by atoms with Crippen LogP contribution in [0.5, 0.6) is 0 Å². The third kappa shape index (κ3) is 7.04. The first kappa shape index (κ1) is 34.3. The zero-order valence-corrected chi connectivity index (χ0v) is 29.3. The van der Waals surface area contributed by atoms with Crippen LogP contribution < -0.4 is 5.32 Å². The Bertz CT molecular complexity index is 2090. The van der Waals surface area contributed by atoms with Gasteiger partial charge in [-0.3, -0.25) is 4.79 Å². The Hall–Kier alpha value is -6.18. The lowest BCUT2D eigenvalue weighted by Crippen LogP contribution is -2.41. The van der Waals surface area contributed by atoms with E-state index in [1.165, 1.54) is 0 Å². The minimum Gasteiger partial charge on any atom is -0.460 e. The molecule has 0 aliphatic rings. The molecule has 1 aromatic heterocycles. The van der Waals surface area contributed by atoms with E-state index in [0.29, 0.717) is 12.4 Å². The Morgan fingerprint density at radius 1 is 0.635 bits per heavy atom. The van der Waals surface area contributed by atoms with E-state index in [1.54, 1.807) is 0 Å². The molecule has 1 unspecified atom stereocenters. The standard InChI is InChI=1S/C45H41N5O2/c1-33(2)42(44(51)52-32-35-17-7-3-8-18-35)46-31-34-27-29-36(30-28-34)40-25-15-16-26-41(40)43-47-48-49-50(43)45(37-19-9-4-10-20-37,38-21-11-5-12-22-38)39-23-13-6-14-24-39/h3-30,33,42,46H,31-32H2,1-2H3. The van der Waals surface area contributed by atoms with Gasteiger partial charge < -0.3 is 10.1 Å². The first-order valence-electron chi connectivity index (χ1n) is 17.6. The van der Waals surface area contributed by atoms with Crippen LogP contribution in [0.25, 0.3) is 22.5 Å². The number of nitrogens with one attached hydrogen (secondary N) is 1. The van der Waals surface area contributed by atoms with Crippen molar-refractivity contribution in [2.24, 2.45) is 5.92 Å². The highest BCUT2D eigenvalue weighted by molar-refractivity contribution is 5.81. The molecule has 52 heavy (non-hydrogen) atoms. The van der Waals surface area contributed by atoms with Gasteiger partial charge in [-0.25, -0.2) is 4.68 Å². The number of nitrogens with zero attached hydrogens (tertiary/aromatic N) is 4. The van der Waals surface area contributed by atoms with Crippen LogP contribution in [0, 0.1) is 5.92 Å². The smallest absolute Gasteiger partial charge is 0.323 e. The SMILES string of the molecule is CC(C)C(NCc1ccc(-c2ccccc2-c2nnnn2C(c2ccccc2)(c2ccccc2)c2ccccc2)cc1)C(=O)OCc1ccccc1. The topological polar surface area (TPSA) is 81.9 Å². The monoisotopic (exact) mass is 683 g/mol. The molecule has 0 aliphatic carbocycles. The second-order valence-corrected chi connectivity index (χ2v) is 13.2. The predicted octanol–water partition coefficient (Wildman–Crippen LogP) is 8.70. The number of tetrazole rings is 1. The normalized spacial score (nSPS) is 12.1. The molecule has 6 aromatic carbocycles. The summed E-state index contributed by atoms with van der Waals surface area (Å²) < 4.78 is 7.63. The number of carbonyl (C=O) groups excluding carboxylic acids is 1. The maximum Gasteiger partial charge on any atom is 0.323 e. The largest absolute Gasteiger partial charge is 0.460 e. The lowest BCUT2D eigenvalue weighted by molar-refractivity contribution is -0.148. The Labute approximate surface area is 305 Å². The molecular formula is C45H41N5O2. The van der Waals surface area contributed by atoms with E-state index in [1.807, 2.05) is 79.2 Å². The Morgan fingerprint density at radius 3 is 1.67 bits per heavy atom. The molecule has 0 spiro atoms. The van der Waals surface area contributed by atoms with E-state index in [-0.39, 0.29) is 18.5 Å². The number of ether oxygens (including phenoxy) is 1. The molecule has 7 rings (SSSR count). The fourth-order valence-electron chi connectivity index (χ4n) is 6.86. The zero-order chi connectivity index (χ0) is 35.8. The average Bonchev–Trinajstić information content (AvgIpc) is 3.69. The van der Waals surface area contributed by atoms with E-state index < -0.39 is 11.6 Å². The molecule has 0 saturated carbocycles. The van der Waals surface area contributed by atoms with Crippen molar-refractivity contribution in [1.82, 2.24) is 25.5 Å². The maximum absolute atomic E-state index is 13.0. The number of aromatic nitrogens is 4. The van der Waals surface area contributed by atoms with Gasteiger partial charge in [0, 0.05) is 12.1 Å². The summed E-state index contributed by atoms with van der Waals surface area (Å²) in [5, 5.41) is 17.2. The summed E-state index contributed by atoms with van der Waals surface area (Å²) in [4.78, 5) is 13.0. The van der Waals surface area contributed by atoms with Gasteiger partial charge in [-0.2, -0.15) is 0 Å². The molecule has 0 bridgehead atoms. The first-order chi connectivity index (χ1) is 25.6. The van der Waals surface area contributed by atoms with Crippen molar-refractivity contribution in [3.63, 3.8) is 0 Å². The molecule has 0 aliphatic heterocycles. The van der Waals surface area contributed by atoms with Crippen LogP contribution in [0.2, 0.25) is 0 Å². The summed E-state index contributed by atoms with van der Waals surface area (Å²) in [6, 6.07) is 57.2. The van der Waals surface area contributed by atoms with Gasteiger partial charge in [0.15, 0.2) is 5.82 Å². The van der Waals surface area contributed by atoms with Crippen molar-refractivity contribution >= 4 is 5.97 Å². The van der Waals surface area contributed by atoms with Crippen molar-refractivity contribution in [2.75, 3.05) is 0 Å². The Morgan fingerprint density at radius 2 is 1.13 bits per heavy atom. The van der Waals surface area contributed by atoms with Gasteiger partial charge in [0.2, 0.25) is 0 Å². The maximum atomic E-state index is 13.0. The van der Waals surface area contributed by atoms with E-state index >= 15 is 0 Å². The van der Waals surface area contributed by atoms with E-state index in [2.05, 4.69) is 120 Å². The Kier molecular flexibility index (Phi) is 10.4. The fraction of sp³-hybridized carbons (Fsp3) is 0.156. The summed E-state index contributed by atoms with van der Waals surface area (Å²) in [6.07, 6.45) is 0. The molecule has 0 amide bonds. The molecule has 1 N–H and O–H groups in total. The highest BCUT2D eigenvalue weighted by atomic mass is 16.5. The van der Waals surface area contributed by atoms with Crippen molar-refractivity contribution < 1.29 is 9.53 Å². The van der Waals surface area contributed by atoms with Crippen LogP contribution in [0.3, 0.4) is 0 Å². The van der Waals surface area contributed by atoms with Crippen LogP contribution in [0.4, 0.5) is 0 Å². The zero-order valence-electron chi connectivity index (χ0n) is 29.3. The van der Waals surface area contributed by atoms with Crippen LogP contribution in [-0.2, 0) is 28.2 Å². The molecule has 1 atom stereocenters. The van der Waals surface area contributed by atoms with Gasteiger partial charge in [0.1, 0.15) is 18.2 Å². The van der Waals surface area contributed by atoms with Gasteiger partial charge in [-0.1, -0.05) is 184 Å². The first-order valence-corrected chi connectivity index (χ1v) is 17.6. The van der Waals surface area contributed by atoms with Crippen molar-refractivity contribution in [3.05, 3.63) is 198 Å². The molecular weight excluding hydrogens is 643 g/mol. The van der Waals surface area contributed by atoms with Crippen LogP contribution in [-0.4, -0.2) is 32.2 Å². The summed E-state index contributed by atoms with van der Waals surface area (Å²) in [6.45, 7) is 4.83. The van der Waals surface area contributed by atoms with E-state index in [9.17, 15) is 4.79 Å². The summed E-state index contributed by atoms with van der Waals surface area (Å²) in [7, 11) is 0. The van der Waals surface area contributed by atoms with Crippen LogP contribution in [0.1, 0.15) is 41.7 Å². The number of hydrogen-bond donors (Lipinski definition) is 1. The Balaban J connectivity index is 1.21. The lowest BCUT2D eigenvalue weighted by Gasteiger charge is -2.36. The molecule has 0 fully saturated rings. The number of rotatable bonds is 13. The molecule has 7 nitrogen and oxygen atoms in total. The predicted molar refractivity (Wildman–Crippen MR) is 205 cm³/mol. The molecule has 258 valence electrons. The number of hydrogen-bond acceptors (Lipinski definition) is 6. The van der Waals surface area contributed by atoms with Gasteiger partial charge in [-0.15, -0.1) is 5.10 Å². The lowest BCUT2D eigenvalue weighted by atomic mass is 9.77. The highest BCUT2D eigenvalue weighted by Gasteiger charge is 2.42. The number of esters is 1. The highest BCUT2D eigenvalue weighted by Crippen LogP contribution is 2.43. The molecule has 7 aromatic rings. The number of carbonyl (C=O) groups is 1. The third-order valence-corrected chi connectivity index (χ3v) is 9.47. The van der Waals surface area contributed by atoms with Gasteiger partial charge in [0.05, 0.1) is 0 Å². The van der Waals surface area contributed by atoms with Crippen molar-refractivity contribution in [1.29, 1.82) is 0 Å². The fourth-order valence-corrected chi connectivity index (χ4v) is 6.86. The van der Waals surface area contributed by atoms with Crippen molar-refractivity contribution in [2.45, 2.75) is 38.6 Å². The molecule has 0 radical (unpaired) electrons. The summed E-state index contributed by atoms with van der Waals surface area (Å²) in [5.74, 6) is 0.460. The van der Waals surface area contributed by atoms with Gasteiger partial charge in [-0.05, 0) is 55.3 Å². The minimum atomic E-state index is -0.861. The van der Waals surface area contributed by atoms with Crippen molar-refractivity contribution in [3.8, 4) is 22.5 Å². The molecule has 1 heterocycles. The van der Waals surface area contributed by atoms with Crippen LogP contribution >= 0.6 is 0 Å². The second kappa shape index (κ2) is 15.8. The van der Waals surface area contributed by atoms with Gasteiger partial charge >= 0.3 is 5.97 Å². The van der Waals surface area contributed by atoms with E-state index in [0.717, 1.165) is 44.5 Å². The third-order valence-electron chi connectivity index (χ3n) is 9.47. The quantitative estimate of drug-likeness (QED) is 0.0968. The summed E-state index contributed by atoms with van der Waals surface area (Å²) in [5.41, 5.74) is 7.23. The second-order valence-electron chi connectivity index (χ2n) is 13.2. The molecule has 7 heteroatoms. The molecule has 0 saturated heterocycles. The van der Waals surface area contributed by atoms with Crippen LogP contribution in [0.15, 0.2) is 170 Å². The summed E-state index contributed by atoms with van der Waals surface area (Å²) >= 11 is 0. The van der Waals surface area contributed by atoms with Gasteiger partial charge in [0.25, 0.3) is 0 Å². The average molecular weight is 684 g/mol. The minimum absolute atomic E-state index is 0.0650.